The first-order chi connectivity index (χ1) is 17.6. The number of hydrogen-bond donors (Lipinski definition) is 4. The van der Waals surface area contributed by atoms with Gasteiger partial charge < -0.3 is 30.9 Å². The third-order valence-corrected chi connectivity index (χ3v) is 6.12. The zero-order valence-corrected chi connectivity index (χ0v) is 19.6. The summed E-state index contributed by atoms with van der Waals surface area (Å²) < 4.78 is 13.4. The molecule has 11 heteroatoms. The second-order valence-electron chi connectivity index (χ2n) is 8.41. The molecule has 0 radical (unpaired) electrons. The fourth-order valence-corrected chi connectivity index (χ4v) is 4.17. The van der Waals surface area contributed by atoms with E-state index < -0.39 is 30.4 Å². The van der Waals surface area contributed by atoms with Crippen LogP contribution < -0.4 is 21.1 Å². The predicted octanol–water partition coefficient (Wildman–Crippen LogP) is 1.35. The molecule has 4 atom stereocenters. The largest absolute Gasteiger partial charge is 0.489 e. The first-order valence-electron chi connectivity index (χ1n) is 11.5. The molecule has 0 bridgehead atoms. The van der Waals surface area contributed by atoms with E-state index in [1.807, 2.05) is 54.6 Å². The molecular formula is C25H27N7O4. The van der Waals surface area contributed by atoms with Crippen LogP contribution in [0.4, 0.5) is 5.82 Å². The van der Waals surface area contributed by atoms with E-state index in [9.17, 15) is 9.90 Å². The van der Waals surface area contributed by atoms with Gasteiger partial charge in [0.15, 0.2) is 29.3 Å². The average Bonchev–Trinajstić information content (AvgIpc) is 3.48. The summed E-state index contributed by atoms with van der Waals surface area (Å²) in [4.78, 5) is 25.2. The number of nitrogens with zero attached hydrogens (tertiary/aromatic N) is 4. The second-order valence-corrected chi connectivity index (χ2v) is 8.41. The van der Waals surface area contributed by atoms with Gasteiger partial charge in [-0.25, -0.2) is 15.0 Å². The maximum atomic E-state index is 12.1. The van der Waals surface area contributed by atoms with Gasteiger partial charge in [0.05, 0.1) is 12.4 Å². The molecule has 0 spiro atoms. The number of aliphatic hydroxyl groups is 1. The van der Waals surface area contributed by atoms with Gasteiger partial charge in [0.25, 0.3) is 5.91 Å². The van der Waals surface area contributed by atoms with Gasteiger partial charge in [-0.15, -0.1) is 0 Å². The van der Waals surface area contributed by atoms with Crippen LogP contribution in [-0.4, -0.2) is 55.8 Å². The Bertz CT molecular complexity index is 1350. The number of rotatable bonds is 8. The van der Waals surface area contributed by atoms with E-state index in [0.29, 0.717) is 30.1 Å². The quantitative estimate of drug-likeness (QED) is 0.288. The lowest BCUT2D eigenvalue weighted by atomic mass is 10.1. The van der Waals surface area contributed by atoms with Crippen molar-refractivity contribution in [3.8, 4) is 5.75 Å². The molecule has 186 valence electrons. The van der Waals surface area contributed by atoms with Crippen LogP contribution in [0.5, 0.6) is 5.75 Å². The van der Waals surface area contributed by atoms with Crippen LogP contribution in [-0.2, 0) is 22.7 Å². The summed E-state index contributed by atoms with van der Waals surface area (Å²) in [5, 5.41) is 16.4. The average molecular weight is 490 g/mol. The van der Waals surface area contributed by atoms with E-state index >= 15 is 0 Å². The number of para-hydroxylation sites is 1. The van der Waals surface area contributed by atoms with E-state index in [1.54, 1.807) is 4.57 Å². The molecule has 36 heavy (non-hydrogen) atoms. The van der Waals surface area contributed by atoms with Crippen molar-refractivity contribution in [2.75, 3.05) is 12.4 Å². The monoisotopic (exact) mass is 489 g/mol. The van der Waals surface area contributed by atoms with Gasteiger partial charge in [0.1, 0.15) is 24.8 Å². The number of carbonyl (C=O) groups is 1. The number of imidazole rings is 1. The number of anilines is 1. The summed E-state index contributed by atoms with van der Waals surface area (Å²) in [5.74, 6) is 0.872. The SMILES string of the molecule is CNC(=O)C1OC(n2cnc3c(NCc4ccccc4OCc4ccccc4)ncnc32)C(O)C1N. The van der Waals surface area contributed by atoms with Gasteiger partial charge in [0, 0.05) is 19.2 Å². The van der Waals surface area contributed by atoms with E-state index in [4.69, 9.17) is 15.2 Å². The lowest BCUT2D eigenvalue weighted by Crippen LogP contribution is -2.46. The highest BCUT2D eigenvalue weighted by atomic mass is 16.5. The third kappa shape index (κ3) is 4.59. The van der Waals surface area contributed by atoms with Crippen LogP contribution in [0.1, 0.15) is 17.4 Å². The Morgan fingerprint density at radius 1 is 1.14 bits per heavy atom. The molecule has 1 amide bonds. The normalized spacial score (nSPS) is 21.4. The molecule has 3 heterocycles. The minimum Gasteiger partial charge on any atom is -0.489 e. The molecule has 11 nitrogen and oxygen atoms in total. The topological polar surface area (TPSA) is 149 Å². The number of ether oxygens (including phenoxy) is 2. The molecule has 5 N–H and O–H groups in total. The fourth-order valence-electron chi connectivity index (χ4n) is 4.17. The highest BCUT2D eigenvalue weighted by Gasteiger charge is 2.46. The summed E-state index contributed by atoms with van der Waals surface area (Å²) in [5.41, 5.74) is 9.00. The lowest BCUT2D eigenvalue weighted by molar-refractivity contribution is -0.134. The van der Waals surface area contributed by atoms with Crippen molar-refractivity contribution >= 4 is 22.9 Å². The number of benzene rings is 2. The van der Waals surface area contributed by atoms with Crippen LogP contribution >= 0.6 is 0 Å². The van der Waals surface area contributed by atoms with Gasteiger partial charge in [-0.3, -0.25) is 9.36 Å². The minimum atomic E-state index is -1.12. The molecule has 1 saturated heterocycles. The van der Waals surface area contributed by atoms with Crippen molar-refractivity contribution in [2.24, 2.45) is 5.73 Å². The van der Waals surface area contributed by atoms with Gasteiger partial charge in [0.2, 0.25) is 0 Å². The predicted molar refractivity (Wildman–Crippen MR) is 132 cm³/mol. The smallest absolute Gasteiger partial charge is 0.250 e. The highest BCUT2D eigenvalue weighted by molar-refractivity contribution is 5.83. The standard InChI is InChI=1S/C25H27N7O4/c1-27-24(34)21-18(26)20(33)25(36-21)32-14-31-19-22(29-13-30-23(19)32)28-11-16-9-5-6-10-17(16)35-12-15-7-3-2-4-8-15/h2-10,13-14,18,20-21,25,33H,11-12,26H2,1H3,(H,27,34)(H,28,29,30). The number of aliphatic hydroxyl groups excluding tert-OH is 1. The van der Waals surface area contributed by atoms with E-state index in [-0.39, 0.29) is 0 Å². The van der Waals surface area contributed by atoms with Crippen LogP contribution in [0.25, 0.3) is 11.2 Å². The van der Waals surface area contributed by atoms with Gasteiger partial charge in [-0.1, -0.05) is 48.5 Å². The zero-order chi connectivity index (χ0) is 25.1. The maximum Gasteiger partial charge on any atom is 0.250 e. The Morgan fingerprint density at radius 2 is 1.92 bits per heavy atom. The Kier molecular flexibility index (Phi) is 6.76. The Morgan fingerprint density at radius 3 is 2.72 bits per heavy atom. The molecule has 0 saturated carbocycles. The second kappa shape index (κ2) is 10.3. The Balaban J connectivity index is 1.33. The van der Waals surface area contributed by atoms with Crippen molar-refractivity contribution < 1.29 is 19.4 Å². The third-order valence-electron chi connectivity index (χ3n) is 6.12. The number of hydrogen-bond acceptors (Lipinski definition) is 9. The molecule has 0 aliphatic carbocycles. The molecule has 1 aliphatic rings. The number of fused-ring (bicyclic) bond motifs is 1. The molecular weight excluding hydrogens is 462 g/mol. The van der Waals surface area contributed by atoms with Crippen molar-refractivity contribution in [3.05, 3.63) is 78.4 Å². The number of amides is 1. The van der Waals surface area contributed by atoms with Crippen LogP contribution in [0.15, 0.2) is 67.3 Å². The molecule has 1 aliphatic heterocycles. The summed E-state index contributed by atoms with van der Waals surface area (Å²) in [7, 11) is 1.49. The zero-order valence-electron chi connectivity index (χ0n) is 19.6. The molecule has 4 aromatic rings. The Hall–Kier alpha value is -4.06. The maximum absolute atomic E-state index is 12.1. The minimum absolute atomic E-state index is 0.404. The molecule has 4 unspecified atom stereocenters. The number of nitrogens with one attached hydrogen (secondary N) is 2. The molecule has 2 aromatic carbocycles. The van der Waals surface area contributed by atoms with Crippen LogP contribution in [0.3, 0.4) is 0 Å². The molecule has 1 fully saturated rings. The van der Waals surface area contributed by atoms with Crippen molar-refractivity contribution in [3.63, 3.8) is 0 Å². The number of aromatic nitrogens is 4. The summed E-state index contributed by atoms with van der Waals surface area (Å²) in [6.45, 7) is 0.902. The molecule has 2 aromatic heterocycles. The summed E-state index contributed by atoms with van der Waals surface area (Å²) in [6.07, 6.45) is -0.127. The first-order valence-corrected chi connectivity index (χ1v) is 11.5. The number of likely N-dealkylation sites (N-methyl/N-ethyl adjacent to an activating group) is 1. The van der Waals surface area contributed by atoms with E-state index in [2.05, 4.69) is 25.6 Å². The van der Waals surface area contributed by atoms with Gasteiger partial charge in [-0.2, -0.15) is 0 Å². The highest BCUT2D eigenvalue weighted by Crippen LogP contribution is 2.32. The van der Waals surface area contributed by atoms with E-state index in [0.717, 1.165) is 16.9 Å². The van der Waals surface area contributed by atoms with Crippen LogP contribution in [0.2, 0.25) is 0 Å². The van der Waals surface area contributed by atoms with Crippen molar-refractivity contribution in [1.29, 1.82) is 0 Å². The summed E-state index contributed by atoms with van der Waals surface area (Å²) in [6, 6.07) is 16.9. The Labute approximate surface area is 207 Å². The first kappa shape index (κ1) is 23.7. The van der Waals surface area contributed by atoms with Crippen molar-refractivity contribution in [2.45, 2.75) is 37.6 Å². The lowest BCUT2D eigenvalue weighted by Gasteiger charge is -2.17. The van der Waals surface area contributed by atoms with E-state index in [1.165, 1.54) is 19.7 Å². The molecule has 5 rings (SSSR count). The van der Waals surface area contributed by atoms with Gasteiger partial charge >= 0.3 is 0 Å². The summed E-state index contributed by atoms with van der Waals surface area (Å²) >= 11 is 0. The number of carbonyl (C=O) groups excluding carboxylic acids is 1. The number of nitrogens with two attached hydrogens (primary N) is 1. The van der Waals surface area contributed by atoms with Gasteiger partial charge in [-0.05, 0) is 11.6 Å². The van der Waals surface area contributed by atoms with Crippen molar-refractivity contribution in [1.82, 2.24) is 24.8 Å². The fraction of sp³-hybridized carbons (Fsp3) is 0.280. The van der Waals surface area contributed by atoms with Crippen LogP contribution in [0, 0.1) is 0 Å².